The average Bonchev–Trinajstić information content (AvgIpc) is 2.44. The van der Waals surface area contributed by atoms with Crippen molar-refractivity contribution in [1.82, 2.24) is 0 Å². The molecule has 1 aliphatic heterocycles. The Bertz CT molecular complexity index is 794. The predicted molar refractivity (Wildman–Crippen MR) is 71.7 cm³/mol. The molecule has 1 aliphatic rings. The van der Waals surface area contributed by atoms with E-state index >= 15 is 0 Å². The molecule has 7 heteroatoms. The Morgan fingerprint density at radius 2 is 1.55 bits per heavy atom. The lowest BCUT2D eigenvalue weighted by molar-refractivity contribution is -0.173. The van der Waals surface area contributed by atoms with E-state index in [1.165, 1.54) is 24.3 Å². The summed E-state index contributed by atoms with van der Waals surface area (Å²) in [5.74, 6) is -6.47. The molecule has 0 radical (unpaired) electrons. The molecule has 0 fully saturated rings. The molecule has 1 unspecified atom stereocenters. The van der Waals surface area contributed by atoms with Gasteiger partial charge in [-0.3, -0.25) is 9.59 Å². The predicted octanol–water partition coefficient (Wildman–Crippen LogP) is 0.793. The highest BCUT2D eigenvalue weighted by atomic mass is 16.6. The minimum Gasteiger partial charge on any atom is -0.508 e. The fourth-order valence-corrected chi connectivity index (χ4v) is 2.25. The Kier molecular flexibility index (Phi) is 2.82. The lowest BCUT2D eigenvalue weighted by Crippen LogP contribution is -2.48. The van der Waals surface area contributed by atoms with Crippen molar-refractivity contribution in [3.63, 3.8) is 0 Å². The van der Waals surface area contributed by atoms with E-state index in [4.69, 9.17) is 4.74 Å². The first-order valence-electron chi connectivity index (χ1n) is 6.19. The van der Waals surface area contributed by atoms with Crippen LogP contribution in [0.1, 0.15) is 15.9 Å². The van der Waals surface area contributed by atoms with Gasteiger partial charge >= 0.3 is 5.79 Å². The number of carbonyl (C=O) groups excluding carboxylic acids is 2. The van der Waals surface area contributed by atoms with Gasteiger partial charge in [-0.2, -0.15) is 0 Å². The van der Waals surface area contributed by atoms with Crippen LogP contribution < -0.4 is 4.74 Å². The van der Waals surface area contributed by atoms with Crippen molar-refractivity contribution in [1.29, 1.82) is 0 Å². The lowest BCUT2D eigenvalue weighted by atomic mass is 9.91. The molecule has 4 N–H and O–H groups in total. The second-order valence-electron chi connectivity index (χ2n) is 4.79. The first-order valence-corrected chi connectivity index (χ1v) is 6.19. The maximum Gasteiger partial charge on any atom is 0.303 e. The van der Waals surface area contributed by atoms with Crippen LogP contribution in [0.3, 0.4) is 0 Å². The largest absolute Gasteiger partial charge is 0.508 e. The summed E-state index contributed by atoms with van der Waals surface area (Å²) >= 11 is 0. The van der Waals surface area contributed by atoms with Crippen molar-refractivity contribution < 1.29 is 34.8 Å². The molecule has 22 heavy (non-hydrogen) atoms. The van der Waals surface area contributed by atoms with Crippen molar-refractivity contribution in [2.24, 2.45) is 0 Å². The highest BCUT2D eigenvalue weighted by Gasteiger charge is 2.50. The van der Waals surface area contributed by atoms with Crippen molar-refractivity contribution in [3.8, 4) is 23.0 Å². The number of fused-ring (bicyclic) bond motifs is 1. The van der Waals surface area contributed by atoms with Gasteiger partial charge < -0.3 is 25.2 Å². The molecule has 0 saturated carbocycles. The van der Waals surface area contributed by atoms with Crippen LogP contribution >= 0.6 is 0 Å². The summed E-state index contributed by atoms with van der Waals surface area (Å²) in [5, 5.41) is 38.8. The highest BCUT2D eigenvalue weighted by molar-refractivity contribution is 6.47. The van der Waals surface area contributed by atoms with Crippen molar-refractivity contribution in [2.75, 3.05) is 0 Å². The molecule has 1 heterocycles. The zero-order valence-electron chi connectivity index (χ0n) is 11.0. The van der Waals surface area contributed by atoms with E-state index in [0.29, 0.717) is 0 Å². The number of rotatable bonds is 1. The van der Waals surface area contributed by atoms with E-state index in [2.05, 4.69) is 0 Å². The molecule has 2 aromatic rings. The van der Waals surface area contributed by atoms with Gasteiger partial charge in [-0.15, -0.1) is 0 Å². The number of benzene rings is 2. The molecule has 7 nitrogen and oxygen atoms in total. The number of phenolic OH excluding ortho intramolecular Hbond substituents is 3. The van der Waals surface area contributed by atoms with Gasteiger partial charge in [0.2, 0.25) is 5.78 Å². The van der Waals surface area contributed by atoms with Crippen LogP contribution in [0.5, 0.6) is 23.0 Å². The van der Waals surface area contributed by atoms with E-state index in [1.807, 2.05) is 0 Å². The number of aromatic hydroxyl groups is 3. The summed E-state index contributed by atoms with van der Waals surface area (Å²) in [6.07, 6.45) is 0. The average molecular weight is 302 g/mol. The Labute approximate surface area is 123 Å². The van der Waals surface area contributed by atoms with E-state index in [9.17, 15) is 30.0 Å². The van der Waals surface area contributed by atoms with Gasteiger partial charge in [0.15, 0.2) is 0 Å². The molecular formula is C15H10O7. The SMILES string of the molecule is O=C1C(=O)C(O)(c2ccc(O)cc2)Oc2cc(O)cc(O)c21. The number of phenols is 3. The third-order valence-electron chi connectivity index (χ3n) is 3.32. The van der Waals surface area contributed by atoms with Gasteiger partial charge in [0.1, 0.15) is 28.6 Å². The first-order chi connectivity index (χ1) is 10.3. The monoisotopic (exact) mass is 302 g/mol. The van der Waals surface area contributed by atoms with Crippen molar-refractivity contribution in [2.45, 2.75) is 5.79 Å². The summed E-state index contributed by atoms with van der Waals surface area (Å²) in [5.41, 5.74) is -0.497. The Morgan fingerprint density at radius 1 is 0.909 bits per heavy atom. The highest BCUT2D eigenvalue weighted by Crippen LogP contribution is 2.42. The fraction of sp³-hybridized carbons (Fsp3) is 0.0667. The van der Waals surface area contributed by atoms with Gasteiger partial charge in [-0.05, 0) is 24.3 Å². The molecule has 0 amide bonds. The molecule has 0 spiro atoms. The zero-order valence-corrected chi connectivity index (χ0v) is 11.0. The molecule has 0 saturated heterocycles. The van der Waals surface area contributed by atoms with Crippen LogP contribution in [-0.4, -0.2) is 32.0 Å². The second-order valence-corrected chi connectivity index (χ2v) is 4.79. The Balaban J connectivity index is 2.18. The molecule has 0 aliphatic carbocycles. The van der Waals surface area contributed by atoms with Crippen LogP contribution in [0.4, 0.5) is 0 Å². The second kappa shape index (κ2) is 4.47. The summed E-state index contributed by atoms with van der Waals surface area (Å²) in [4.78, 5) is 24.3. The maximum absolute atomic E-state index is 12.2. The van der Waals surface area contributed by atoms with Gasteiger partial charge in [-0.25, -0.2) is 0 Å². The first kappa shape index (κ1) is 13.9. The van der Waals surface area contributed by atoms with Gasteiger partial charge in [-0.1, -0.05) is 0 Å². The summed E-state index contributed by atoms with van der Waals surface area (Å²) in [6.45, 7) is 0. The number of hydrogen-bond donors (Lipinski definition) is 4. The summed E-state index contributed by atoms with van der Waals surface area (Å²) < 4.78 is 5.17. The van der Waals surface area contributed by atoms with E-state index in [0.717, 1.165) is 12.1 Å². The Hall–Kier alpha value is -3.06. The third kappa shape index (κ3) is 1.87. The minimum atomic E-state index is -2.60. The van der Waals surface area contributed by atoms with Crippen LogP contribution in [0.15, 0.2) is 36.4 Å². The lowest BCUT2D eigenvalue weighted by Gasteiger charge is -2.32. The van der Waals surface area contributed by atoms with Gasteiger partial charge in [0, 0.05) is 17.7 Å². The molecule has 3 rings (SSSR count). The van der Waals surface area contributed by atoms with Crippen molar-refractivity contribution in [3.05, 3.63) is 47.5 Å². The quantitative estimate of drug-likeness (QED) is 0.574. The number of ether oxygens (including phenoxy) is 1. The Morgan fingerprint density at radius 3 is 2.18 bits per heavy atom. The van der Waals surface area contributed by atoms with Crippen LogP contribution in [0, 0.1) is 0 Å². The van der Waals surface area contributed by atoms with E-state index in [1.54, 1.807) is 0 Å². The van der Waals surface area contributed by atoms with E-state index in [-0.39, 0.29) is 17.1 Å². The number of Topliss-reactive ketones (excluding diaryl/α,β-unsaturated/α-hetero) is 2. The van der Waals surface area contributed by atoms with Crippen molar-refractivity contribution >= 4 is 11.6 Å². The molecule has 2 aromatic carbocycles. The van der Waals surface area contributed by atoms with Crippen LogP contribution in [-0.2, 0) is 10.6 Å². The topological polar surface area (TPSA) is 124 Å². The summed E-state index contributed by atoms with van der Waals surface area (Å²) in [7, 11) is 0. The third-order valence-corrected chi connectivity index (χ3v) is 3.32. The molecule has 112 valence electrons. The van der Waals surface area contributed by atoms with Gasteiger partial charge in [0.25, 0.3) is 5.78 Å². The van der Waals surface area contributed by atoms with Crippen LogP contribution in [0.25, 0.3) is 0 Å². The number of aliphatic hydroxyl groups is 1. The number of carbonyl (C=O) groups is 2. The standard InChI is InChI=1S/C15H10O7/c16-8-3-1-7(2-4-8)15(21)14(20)13(19)12-10(18)5-9(17)6-11(12)22-15/h1-6,16-18,21H. The minimum absolute atomic E-state index is 0.0721. The molecule has 0 bridgehead atoms. The van der Waals surface area contributed by atoms with Gasteiger partial charge in [0.05, 0.1) is 0 Å². The molecule has 0 aromatic heterocycles. The van der Waals surface area contributed by atoms with Crippen LogP contribution in [0.2, 0.25) is 0 Å². The number of ketones is 2. The smallest absolute Gasteiger partial charge is 0.303 e. The molecule has 1 atom stereocenters. The maximum atomic E-state index is 12.2. The normalized spacial score (nSPS) is 20.4. The fourth-order valence-electron chi connectivity index (χ4n) is 2.25. The number of hydrogen-bond acceptors (Lipinski definition) is 7. The zero-order chi connectivity index (χ0) is 16.1. The summed E-state index contributed by atoms with van der Waals surface area (Å²) in [6, 6.07) is 6.75. The molecular weight excluding hydrogens is 292 g/mol. The van der Waals surface area contributed by atoms with E-state index < -0.39 is 34.4 Å².